The summed E-state index contributed by atoms with van der Waals surface area (Å²) < 4.78 is 50.6. The molecule has 4 fully saturated rings. The van der Waals surface area contributed by atoms with E-state index < -0.39 is 135 Å². The predicted molar refractivity (Wildman–Crippen MR) is 199 cm³/mol. The molecule has 23 nitrogen and oxygen atoms in total. The van der Waals surface area contributed by atoms with Crippen molar-refractivity contribution in [1.29, 1.82) is 0 Å². The number of benzene rings is 1. The van der Waals surface area contributed by atoms with Gasteiger partial charge in [0.2, 0.25) is 0 Å². The number of hydrogen-bond acceptors (Lipinski definition) is 20. The van der Waals surface area contributed by atoms with E-state index in [0.29, 0.717) is 18.4 Å². The predicted octanol–water partition coefficient (Wildman–Crippen LogP) is -5.16. The molecule has 3 heterocycles. The first kappa shape index (κ1) is 47.0. The molecule has 3 aliphatic heterocycles. The van der Waals surface area contributed by atoms with Gasteiger partial charge in [0.25, 0.3) is 5.91 Å². The fraction of sp³-hybridized carbons (Fsp3) is 0.771. The highest BCUT2D eigenvalue weighted by molar-refractivity contribution is 5.97. The second-order valence-corrected chi connectivity index (χ2v) is 15.0. The Bertz CT molecular complexity index is 1560. The Hall–Kier alpha value is -3.08. The lowest BCUT2D eigenvalue weighted by molar-refractivity contribution is -0.291. The summed E-state index contributed by atoms with van der Waals surface area (Å²) in [6, 6.07) is 4.19. The van der Waals surface area contributed by atoms with E-state index in [0.717, 1.165) is 0 Å². The van der Waals surface area contributed by atoms with Crippen molar-refractivity contribution in [2.75, 3.05) is 32.8 Å². The van der Waals surface area contributed by atoms with Crippen molar-refractivity contribution in [2.24, 2.45) is 28.0 Å². The van der Waals surface area contributed by atoms with Gasteiger partial charge >= 0.3 is 0 Å². The molecule has 0 bridgehead atoms. The van der Waals surface area contributed by atoms with E-state index in [1.54, 1.807) is 30.3 Å². The lowest BCUT2D eigenvalue weighted by Gasteiger charge is -2.47. The van der Waals surface area contributed by atoms with Gasteiger partial charge in [-0.15, -0.1) is 0 Å². The van der Waals surface area contributed by atoms with Crippen LogP contribution in [-0.2, 0) is 33.2 Å². The molecule has 1 aliphatic carbocycles. The molecular formula is C35H56FN9O14. The third kappa shape index (κ3) is 11.3. The molecule has 19 atom stereocenters. The van der Waals surface area contributed by atoms with Gasteiger partial charge in [0.05, 0.1) is 43.9 Å². The number of carbonyl (C=O) groups is 2. The molecule has 332 valence electrons. The summed E-state index contributed by atoms with van der Waals surface area (Å²) in [5, 5.41) is 73.1. The van der Waals surface area contributed by atoms with Gasteiger partial charge in [0, 0.05) is 29.6 Å². The van der Waals surface area contributed by atoms with Crippen molar-refractivity contribution < 1.29 is 73.0 Å². The van der Waals surface area contributed by atoms with Crippen molar-refractivity contribution in [1.82, 2.24) is 10.6 Å². The van der Waals surface area contributed by atoms with Crippen molar-refractivity contribution in [2.45, 2.75) is 136 Å². The van der Waals surface area contributed by atoms with E-state index in [1.807, 2.05) is 0 Å². The van der Waals surface area contributed by atoms with Gasteiger partial charge in [-0.05, 0) is 24.8 Å². The average Bonchev–Trinajstić information content (AvgIpc) is 3.54. The fourth-order valence-electron chi connectivity index (χ4n) is 7.53. The molecule has 1 aromatic rings. The number of nitrogens with zero attached hydrogens (tertiary/aromatic N) is 3. The molecule has 59 heavy (non-hydrogen) atoms. The minimum Gasteiger partial charge on any atom is -0.394 e. The molecular weight excluding hydrogens is 789 g/mol. The minimum absolute atomic E-state index is 0.0986. The third-order valence-electron chi connectivity index (χ3n) is 10.9. The SMILES string of the molecule is [N-]=[N+]=NC[C@@H](F)[C@H](O)C(=O)N[C@@H]1C[C@H](N)[C@@H](O[C@H]2O[C@H](CN)CC[C@H]2NCC(=O)c2ccccc2)[C@H](O[C@@H]2O[C@H](CO)[C@@H](O[C@H]3O[C@@H](CN)[C@@H](O)[C@H](O)[C@H]3N)[C@H]2O)[C@H]1O. The maximum atomic E-state index is 14.5. The summed E-state index contributed by atoms with van der Waals surface area (Å²) in [4.78, 5) is 28.3. The molecule has 1 amide bonds. The lowest BCUT2D eigenvalue weighted by Crippen LogP contribution is -2.67. The number of rotatable bonds is 18. The molecule has 0 unspecified atom stereocenters. The number of carbonyl (C=O) groups excluding carboxylic acids is 2. The summed E-state index contributed by atoms with van der Waals surface area (Å²) in [6.45, 7) is -1.81. The molecule has 16 N–H and O–H groups in total. The van der Waals surface area contributed by atoms with Crippen LogP contribution in [-0.4, -0.2) is 191 Å². The van der Waals surface area contributed by atoms with Crippen molar-refractivity contribution in [3.05, 3.63) is 46.3 Å². The lowest BCUT2D eigenvalue weighted by atomic mass is 9.83. The van der Waals surface area contributed by atoms with Gasteiger partial charge in [-0.3, -0.25) is 9.59 Å². The fourth-order valence-corrected chi connectivity index (χ4v) is 7.53. The van der Waals surface area contributed by atoms with Crippen LogP contribution in [0.3, 0.4) is 0 Å². The molecule has 24 heteroatoms. The van der Waals surface area contributed by atoms with Gasteiger partial charge < -0.3 is 92.6 Å². The van der Waals surface area contributed by atoms with Crippen molar-refractivity contribution >= 4 is 11.7 Å². The number of aliphatic hydroxyl groups excluding tert-OH is 6. The van der Waals surface area contributed by atoms with E-state index in [2.05, 4.69) is 20.7 Å². The number of Topliss-reactive ketones (excluding diaryl/α,β-unsaturated/α-hetero) is 1. The topological polar surface area (TPSA) is 388 Å². The summed E-state index contributed by atoms with van der Waals surface area (Å²) in [5.41, 5.74) is 33.3. The van der Waals surface area contributed by atoms with Crippen molar-refractivity contribution in [3.8, 4) is 0 Å². The quantitative estimate of drug-likeness (QED) is 0.0284. The van der Waals surface area contributed by atoms with E-state index in [1.165, 1.54) is 0 Å². The number of ketones is 1. The van der Waals surface area contributed by atoms with Crippen molar-refractivity contribution in [3.63, 3.8) is 0 Å². The van der Waals surface area contributed by atoms with Crippen LogP contribution in [0, 0.1) is 0 Å². The highest BCUT2D eigenvalue weighted by Gasteiger charge is 2.54. The molecule has 1 saturated carbocycles. The zero-order valence-corrected chi connectivity index (χ0v) is 32.0. The summed E-state index contributed by atoms with van der Waals surface area (Å²) >= 11 is 0. The van der Waals surface area contributed by atoms with Crippen LogP contribution in [0.5, 0.6) is 0 Å². The van der Waals surface area contributed by atoms with Crippen LogP contribution in [0.4, 0.5) is 4.39 Å². The number of aliphatic hydroxyl groups is 6. The Labute approximate surface area is 338 Å². The maximum absolute atomic E-state index is 14.5. The van der Waals surface area contributed by atoms with Crippen LogP contribution in [0.2, 0.25) is 0 Å². The van der Waals surface area contributed by atoms with Gasteiger partial charge in [-0.1, -0.05) is 35.4 Å². The van der Waals surface area contributed by atoms with Gasteiger partial charge in [0.15, 0.2) is 30.8 Å². The van der Waals surface area contributed by atoms with E-state index in [9.17, 15) is 44.6 Å². The number of hydrogen-bond donors (Lipinski definition) is 12. The standard InChI is InChI=1S/C35H56FN9O14/c36-16(11-43-45-41)24(48)32(53)44-19-8-17(39)29(57-33-18(7-6-15(9-37)54-33)42-12-20(47)14-4-2-1-3-5-14)31(25(19)49)59-35-28(52)30(22(13-46)56-35)58-34-23(40)27(51)26(50)21(10-38)55-34/h1-5,15-19,21-31,33-35,42,46,48-52H,6-13,37-40H2,(H,44,53)/t15-,16+,17-,18+,19+,21-,22+,23+,24-,25-,26+,27+,28+,29+,30+,31+,33+,34+,35-/m0/s1. The Kier molecular flexibility index (Phi) is 17.2. The smallest absolute Gasteiger partial charge is 0.252 e. The number of azide groups is 1. The first-order valence-corrected chi connectivity index (χ1v) is 19.3. The van der Waals surface area contributed by atoms with Crippen LogP contribution in [0.1, 0.15) is 29.6 Å². The van der Waals surface area contributed by atoms with Crippen LogP contribution in [0.25, 0.3) is 10.4 Å². The summed E-state index contributed by atoms with van der Waals surface area (Å²) in [5.74, 6) is -1.48. The van der Waals surface area contributed by atoms with Gasteiger partial charge in [-0.2, -0.15) is 0 Å². The zero-order chi connectivity index (χ0) is 43.0. The largest absolute Gasteiger partial charge is 0.394 e. The van der Waals surface area contributed by atoms with Crippen LogP contribution in [0.15, 0.2) is 35.4 Å². The highest BCUT2D eigenvalue weighted by Crippen LogP contribution is 2.35. The summed E-state index contributed by atoms with van der Waals surface area (Å²) in [7, 11) is 0. The molecule has 1 aromatic carbocycles. The monoisotopic (exact) mass is 845 g/mol. The van der Waals surface area contributed by atoms with Crippen LogP contribution < -0.4 is 33.6 Å². The van der Waals surface area contributed by atoms with Crippen LogP contribution >= 0.6 is 0 Å². The second kappa shape index (κ2) is 21.6. The third-order valence-corrected chi connectivity index (χ3v) is 10.9. The number of halogens is 1. The first-order valence-electron chi connectivity index (χ1n) is 19.3. The number of nitrogens with two attached hydrogens (primary N) is 4. The molecule has 3 saturated heterocycles. The minimum atomic E-state index is -2.30. The second-order valence-electron chi connectivity index (χ2n) is 15.0. The Morgan fingerprint density at radius 1 is 0.881 bits per heavy atom. The molecule has 5 rings (SSSR count). The Morgan fingerprint density at radius 3 is 2.22 bits per heavy atom. The highest BCUT2D eigenvalue weighted by atomic mass is 19.1. The Morgan fingerprint density at radius 2 is 1.56 bits per heavy atom. The number of nitrogens with one attached hydrogen (secondary N) is 2. The molecule has 0 spiro atoms. The number of ether oxygens (including phenoxy) is 6. The van der Waals surface area contributed by atoms with E-state index in [4.69, 9.17) is 56.9 Å². The van der Waals surface area contributed by atoms with E-state index in [-0.39, 0.29) is 31.8 Å². The van der Waals surface area contributed by atoms with Gasteiger partial charge in [-0.25, -0.2) is 4.39 Å². The average molecular weight is 846 g/mol. The molecule has 0 aromatic heterocycles. The molecule has 4 aliphatic rings. The zero-order valence-electron chi connectivity index (χ0n) is 32.0. The normalized spacial score (nSPS) is 39.8. The van der Waals surface area contributed by atoms with E-state index >= 15 is 0 Å². The first-order chi connectivity index (χ1) is 28.2. The summed E-state index contributed by atoms with van der Waals surface area (Å²) in [6.07, 6.45) is -22.0. The Balaban J connectivity index is 1.38. The van der Waals surface area contributed by atoms with Gasteiger partial charge in [0.1, 0.15) is 61.1 Å². The number of amides is 1. The number of alkyl halides is 1. The maximum Gasteiger partial charge on any atom is 0.252 e. The molecule has 0 radical (unpaired) electrons.